The second kappa shape index (κ2) is 6.30. The highest BCUT2D eigenvalue weighted by molar-refractivity contribution is 6.04. The Morgan fingerprint density at radius 3 is 2.46 bits per heavy atom. The number of hydrogen-bond donors (Lipinski definition) is 1. The Morgan fingerprint density at radius 2 is 1.88 bits per heavy atom. The minimum Gasteiger partial charge on any atom is -0.444 e. The van der Waals surface area contributed by atoms with Gasteiger partial charge in [0.2, 0.25) is 0 Å². The Balaban J connectivity index is 1.79. The maximum atomic E-state index is 12.3. The van der Waals surface area contributed by atoms with E-state index in [0.29, 0.717) is 24.2 Å². The Kier molecular flexibility index (Phi) is 4.42. The summed E-state index contributed by atoms with van der Waals surface area (Å²) >= 11 is 0. The van der Waals surface area contributed by atoms with Gasteiger partial charge in [-0.25, -0.2) is 4.79 Å². The number of carbonyl (C=O) groups excluding carboxylic acids is 2. The maximum Gasteiger partial charge on any atom is 0.410 e. The summed E-state index contributed by atoms with van der Waals surface area (Å²) in [5.74, 6) is -0.481. The minimum atomic E-state index is -0.497. The third-order valence-electron chi connectivity index (χ3n) is 4.85. The van der Waals surface area contributed by atoms with Crippen molar-refractivity contribution in [1.82, 2.24) is 14.7 Å². The number of amides is 2. The van der Waals surface area contributed by atoms with Crippen LogP contribution in [0.2, 0.25) is 0 Å². The highest BCUT2D eigenvalue weighted by atomic mass is 16.6. The number of rotatable bonds is 2. The van der Waals surface area contributed by atoms with Gasteiger partial charge in [-0.2, -0.15) is 5.10 Å². The molecule has 0 unspecified atom stereocenters. The van der Waals surface area contributed by atoms with Crippen molar-refractivity contribution in [2.45, 2.75) is 51.7 Å². The molecule has 2 heterocycles. The molecule has 0 atom stereocenters. The van der Waals surface area contributed by atoms with Crippen LogP contribution in [-0.4, -0.2) is 45.4 Å². The summed E-state index contributed by atoms with van der Waals surface area (Å²) in [7, 11) is 0. The van der Waals surface area contributed by atoms with Gasteiger partial charge in [-0.15, -0.1) is 0 Å². The monoisotopic (exact) mass is 358 g/mol. The molecule has 2 aromatic rings. The van der Waals surface area contributed by atoms with Crippen LogP contribution in [0.3, 0.4) is 0 Å². The van der Waals surface area contributed by atoms with Gasteiger partial charge < -0.3 is 15.4 Å². The van der Waals surface area contributed by atoms with Crippen LogP contribution in [0.25, 0.3) is 10.9 Å². The van der Waals surface area contributed by atoms with Crippen LogP contribution >= 0.6 is 0 Å². The number of likely N-dealkylation sites (tertiary alicyclic amines) is 1. The van der Waals surface area contributed by atoms with Gasteiger partial charge in [0, 0.05) is 24.7 Å². The molecule has 0 bridgehead atoms. The molecule has 3 rings (SSSR count). The molecule has 1 aromatic heterocycles. The standard InChI is InChI=1S/C19H26N4O3/c1-18(2,3)26-17(25)22-10-8-19(4,9-11-22)23-12-13-6-5-7-14(16(20)24)15(13)21-23/h5-7,12H,8-11H2,1-4H3,(H2,20,24). The van der Waals surface area contributed by atoms with Gasteiger partial charge >= 0.3 is 6.09 Å². The fourth-order valence-corrected chi connectivity index (χ4v) is 3.25. The van der Waals surface area contributed by atoms with Crippen LogP contribution in [-0.2, 0) is 10.3 Å². The molecule has 7 heteroatoms. The topological polar surface area (TPSA) is 90.5 Å². The molecule has 0 spiro atoms. The van der Waals surface area contributed by atoms with Gasteiger partial charge in [0.25, 0.3) is 5.91 Å². The number of nitrogens with zero attached hydrogens (tertiary/aromatic N) is 3. The molecule has 2 N–H and O–H groups in total. The highest BCUT2D eigenvalue weighted by Crippen LogP contribution is 2.31. The Hall–Kier alpha value is -2.57. The van der Waals surface area contributed by atoms with Crippen LogP contribution in [0.4, 0.5) is 4.79 Å². The summed E-state index contributed by atoms with van der Waals surface area (Å²) in [6, 6.07) is 5.42. The third kappa shape index (κ3) is 3.52. The lowest BCUT2D eigenvalue weighted by Crippen LogP contribution is -2.48. The fraction of sp³-hybridized carbons (Fsp3) is 0.526. The molecular weight excluding hydrogens is 332 g/mol. The van der Waals surface area contributed by atoms with E-state index in [0.717, 1.165) is 18.2 Å². The predicted octanol–water partition coefficient (Wildman–Crippen LogP) is 2.88. The van der Waals surface area contributed by atoms with E-state index in [-0.39, 0.29) is 11.6 Å². The summed E-state index contributed by atoms with van der Waals surface area (Å²) in [5, 5.41) is 5.53. The molecule has 140 valence electrons. The first kappa shape index (κ1) is 18.2. The highest BCUT2D eigenvalue weighted by Gasteiger charge is 2.35. The van der Waals surface area contributed by atoms with Gasteiger partial charge in [0.05, 0.1) is 11.1 Å². The summed E-state index contributed by atoms with van der Waals surface area (Å²) in [4.78, 5) is 25.6. The van der Waals surface area contributed by atoms with E-state index < -0.39 is 11.5 Å². The molecule has 1 aliphatic rings. The van der Waals surface area contributed by atoms with E-state index in [9.17, 15) is 9.59 Å². The predicted molar refractivity (Wildman–Crippen MR) is 98.9 cm³/mol. The van der Waals surface area contributed by atoms with E-state index >= 15 is 0 Å². The van der Waals surface area contributed by atoms with Crippen LogP contribution in [0, 0.1) is 0 Å². The fourth-order valence-electron chi connectivity index (χ4n) is 3.25. The maximum absolute atomic E-state index is 12.3. The molecular formula is C19H26N4O3. The number of primary amides is 1. The van der Waals surface area contributed by atoms with Crippen LogP contribution in [0.1, 0.15) is 50.9 Å². The number of aromatic nitrogens is 2. The van der Waals surface area contributed by atoms with E-state index in [4.69, 9.17) is 10.5 Å². The normalized spacial score (nSPS) is 17.3. The van der Waals surface area contributed by atoms with Crippen molar-refractivity contribution in [3.63, 3.8) is 0 Å². The molecule has 2 amide bonds. The van der Waals surface area contributed by atoms with Crippen molar-refractivity contribution in [1.29, 1.82) is 0 Å². The number of nitrogens with two attached hydrogens (primary N) is 1. The number of ether oxygens (including phenoxy) is 1. The van der Waals surface area contributed by atoms with Gasteiger partial charge in [-0.3, -0.25) is 9.48 Å². The molecule has 1 saturated heterocycles. The van der Waals surface area contributed by atoms with Crippen molar-refractivity contribution in [3.05, 3.63) is 30.0 Å². The summed E-state index contributed by atoms with van der Waals surface area (Å²) < 4.78 is 7.37. The number of carbonyl (C=O) groups is 2. The van der Waals surface area contributed by atoms with Crippen molar-refractivity contribution in [2.75, 3.05) is 13.1 Å². The molecule has 26 heavy (non-hydrogen) atoms. The SMILES string of the molecule is CC(C)(C)OC(=O)N1CCC(C)(n2cc3cccc(C(N)=O)c3n2)CC1. The lowest BCUT2D eigenvalue weighted by molar-refractivity contribution is 0.0120. The van der Waals surface area contributed by atoms with Crippen molar-refractivity contribution < 1.29 is 14.3 Å². The van der Waals surface area contributed by atoms with Crippen LogP contribution in [0.15, 0.2) is 24.4 Å². The van der Waals surface area contributed by atoms with Gasteiger partial charge in [0.15, 0.2) is 0 Å². The lowest BCUT2D eigenvalue weighted by atomic mass is 9.90. The zero-order valence-corrected chi connectivity index (χ0v) is 15.8. The largest absolute Gasteiger partial charge is 0.444 e. The summed E-state index contributed by atoms with van der Waals surface area (Å²) in [6.45, 7) is 8.92. The average Bonchev–Trinajstić information content (AvgIpc) is 2.98. The van der Waals surface area contributed by atoms with Crippen molar-refractivity contribution in [3.8, 4) is 0 Å². The zero-order chi connectivity index (χ0) is 19.1. The minimum absolute atomic E-state index is 0.230. The van der Waals surface area contributed by atoms with Crippen LogP contribution in [0.5, 0.6) is 0 Å². The first-order chi connectivity index (χ1) is 12.1. The smallest absolute Gasteiger partial charge is 0.410 e. The zero-order valence-electron chi connectivity index (χ0n) is 15.8. The third-order valence-corrected chi connectivity index (χ3v) is 4.85. The Labute approximate surface area is 153 Å². The van der Waals surface area contributed by atoms with Gasteiger partial charge in [-0.1, -0.05) is 12.1 Å². The first-order valence-corrected chi connectivity index (χ1v) is 8.86. The number of piperidine rings is 1. The second-order valence-electron chi connectivity index (χ2n) is 8.15. The summed E-state index contributed by atoms with van der Waals surface area (Å²) in [6.07, 6.45) is 3.18. The van der Waals surface area contributed by atoms with E-state index in [2.05, 4.69) is 12.0 Å². The molecule has 7 nitrogen and oxygen atoms in total. The van der Waals surface area contributed by atoms with E-state index in [1.165, 1.54) is 0 Å². The molecule has 0 saturated carbocycles. The molecule has 1 fully saturated rings. The van der Waals surface area contributed by atoms with E-state index in [1.807, 2.05) is 43.8 Å². The van der Waals surface area contributed by atoms with Gasteiger partial charge in [-0.05, 0) is 46.6 Å². The molecule has 0 radical (unpaired) electrons. The Morgan fingerprint density at radius 1 is 1.23 bits per heavy atom. The second-order valence-corrected chi connectivity index (χ2v) is 8.15. The van der Waals surface area contributed by atoms with Gasteiger partial charge in [0.1, 0.15) is 11.1 Å². The number of fused-ring (bicyclic) bond motifs is 1. The first-order valence-electron chi connectivity index (χ1n) is 8.86. The summed E-state index contributed by atoms with van der Waals surface area (Å²) in [5.41, 5.74) is 5.78. The Bertz CT molecular complexity index is 842. The van der Waals surface area contributed by atoms with E-state index in [1.54, 1.807) is 11.0 Å². The number of benzene rings is 1. The molecule has 1 aromatic carbocycles. The lowest BCUT2D eigenvalue weighted by Gasteiger charge is -2.39. The average molecular weight is 358 g/mol. The molecule has 1 aliphatic heterocycles. The van der Waals surface area contributed by atoms with Crippen LogP contribution < -0.4 is 5.73 Å². The van der Waals surface area contributed by atoms with Crippen molar-refractivity contribution >= 4 is 22.9 Å². The quantitative estimate of drug-likeness (QED) is 0.894. The number of hydrogen-bond acceptors (Lipinski definition) is 4. The van der Waals surface area contributed by atoms with Crippen molar-refractivity contribution in [2.24, 2.45) is 5.73 Å². The molecule has 0 aliphatic carbocycles.